The predicted octanol–water partition coefficient (Wildman–Crippen LogP) is 11.7. The van der Waals surface area contributed by atoms with Crippen LogP contribution in [0.15, 0.2) is 72.9 Å². The molecule has 0 aromatic carbocycles. The van der Waals surface area contributed by atoms with Crippen molar-refractivity contribution in [3.05, 3.63) is 72.9 Å². The minimum absolute atomic E-state index is 0.201. The van der Waals surface area contributed by atoms with E-state index < -0.39 is 49.5 Å². The molecule has 9 nitrogen and oxygen atoms in total. The Bertz CT molecular complexity index is 1210. The first-order valence-electron chi connectivity index (χ1n) is 25.7. The van der Waals surface area contributed by atoms with Crippen molar-refractivity contribution in [2.75, 3.05) is 13.2 Å². The van der Waals surface area contributed by atoms with Crippen molar-refractivity contribution in [1.29, 1.82) is 0 Å². The van der Waals surface area contributed by atoms with Gasteiger partial charge in [-0.1, -0.05) is 189 Å². The minimum atomic E-state index is -1.58. The highest BCUT2D eigenvalue weighted by Crippen LogP contribution is 2.22. The number of amides is 1. The molecule has 0 spiro atoms. The molecular weight excluding hydrogens is 791 g/mol. The first-order valence-corrected chi connectivity index (χ1v) is 25.7. The molecule has 0 bridgehead atoms. The highest BCUT2D eigenvalue weighted by Gasteiger charge is 2.44. The van der Waals surface area contributed by atoms with Crippen LogP contribution in [0.2, 0.25) is 0 Å². The molecule has 0 aliphatic carbocycles. The number of hydrogen-bond acceptors (Lipinski definition) is 8. The van der Waals surface area contributed by atoms with Gasteiger partial charge in [0.1, 0.15) is 24.4 Å². The predicted molar refractivity (Wildman–Crippen MR) is 262 cm³/mol. The van der Waals surface area contributed by atoms with Gasteiger partial charge in [-0.3, -0.25) is 4.79 Å². The van der Waals surface area contributed by atoms with Gasteiger partial charge in [0.2, 0.25) is 5.91 Å². The molecule has 0 aromatic rings. The molecule has 1 saturated heterocycles. The molecule has 1 amide bonds. The SMILES string of the molecule is CCCCCCC/C=C\C/C=C\C/C=C\CCCCCCCCCCC(=O)NC(COC1OC(CO)C(O)C(O)C1O)C(O)/C=C/CC/C=C/CC/C=C/CCCCCCCCC. The van der Waals surface area contributed by atoms with Gasteiger partial charge in [0.15, 0.2) is 6.29 Å². The minimum Gasteiger partial charge on any atom is -0.394 e. The highest BCUT2D eigenvalue weighted by molar-refractivity contribution is 5.76. The smallest absolute Gasteiger partial charge is 0.220 e. The molecule has 7 unspecified atom stereocenters. The highest BCUT2D eigenvalue weighted by atomic mass is 16.7. The van der Waals surface area contributed by atoms with Crippen molar-refractivity contribution >= 4 is 5.91 Å². The van der Waals surface area contributed by atoms with Crippen LogP contribution in [-0.4, -0.2) is 87.5 Å². The third-order valence-corrected chi connectivity index (χ3v) is 11.7. The summed E-state index contributed by atoms with van der Waals surface area (Å²) in [6.45, 7) is 3.72. The number of aliphatic hydroxyl groups excluding tert-OH is 5. The number of hydrogen-bond donors (Lipinski definition) is 6. The van der Waals surface area contributed by atoms with Crippen LogP contribution in [0.1, 0.15) is 206 Å². The van der Waals surface area contributed by atoms with E-state index in [9.17, 15) is 30.3 Å². The van der Waals surface area contributed by atoms with Crippen LogP contribution in [0.5, 0.6) is 0 Å². The van der Waals surface area contributed by atoms with E-state index in [0.717, 1.165) is 77.0 Å². The van der Waals surface area contributed by atoms with Gasteiger partial charge in [0, 0.05) is 6.42 Å². The van der Waals surface area contributed by atoms with Crippen LogP contribution in [0, 0.1) is 0 Å². The van der Waals surface area contributed by atoms with Crippen LogP contribution in [0.25, 0.3) is 0 Å². The number of ether oxygens (including phenoxy) is 2. The molecule has 9 heteroatoms. The van der Waals surface area contributed by atoms with Gasteiger partial charge in [-0.05, 0) is 83.5 Å². The summed E-state index contributed by atoms with van der Waals surface area (Å²) in [4.78, 5) is 13.0. The van der Waals surface area contributed by atoms with Crippen LogP contribution >= 0.6 is 0 Å². The van der Waals surface area contributed by atoms with Gasteiger partial charge >= 0.3 is 0 Å². The standard InChI is InChI=1S/C54H95NO8/c1-3-5-7-9-11-13-15-17-19-21-22-23-24-25-26-28-30-32-34-36-38-40-42-44-50(58)55-47(46-62-54-53(61)52(60)51(59)49(45-56)63-54)48(57)43-41-39-37-35-33-31-29-27-20-18-16-14-12-10-8-6-4-2/h15,17,20-22,24-25,27,33,35,41,43,47-49,51-54,56-57,59-61H,3-14,16,18-19,23,26,28-32,34,36-40,42,44-46H2,1-2H3,(H,55,58)/b17-15-,22-21-,25-24-,27-20+,35-33+,43-41+. The van der Waals surface area contributed by atoms with Crippen LogP contribution < -0.4 is 5.32 Å². The van der Waals surface area contributed by atoms with Crippen molar-refractivity contribution in [3.63, 3.8) is 0 Å². The van der Waals surface area contributed by atoms with E-state index in [0.29, 0.717) is 6.42 Å². The van der Waals surface area contributed by atoms with Crippen molar-refractivity contribution in [1.82, 2.24) is 5.32 Å². The molecule has 0 radical (unpaired) electrons. The Labute approximate surface area is 385 Å². The summed E-state index contributed by atoms with van der Waals surface area (Å²) in [6, 6.07) is -0.835. The molecule has 6 N–H and O–H groups in total. The maximum absolute atomic E-state index is 13.0. The Morgan fingerprint density at radius 3 is 1.44 bits per heavy atom. The zero-order valence-electron chi connectivity index (χ0n) is 40.1. The lowest BCUT2D eigenvalue weighted by molar-refractivity contribution is -0.302. The van der Waals surface area contributed by atoms with Gasteiger partial charge in [0.05, 0.1) is 25.4 Å². The normalized spacial score (nSPS) is 20.8. The van der Waals surface area contributed by atoms with Crippen molar-refractivity contribution in [2.45, 2.75) is 249 Å². The van der Waals surface area contributed by atoms with Crippen molar-refractivity contribution < 1.29 is 39.8 Å². The molecule has 7 atom stereocenters. The van der Waals surface area contributed by atoms with E-state index in [2.05, 4.69) is 79.9 Å². The number of allylic oxidation sites excluding steroid dienone is 11. The molecule has 0 aromatic heterocycles. The molecular formula is C54H95NO8. The summed E-state index contributed by atoms with van der Waals surface area (Å²) in [7, 11) is 0. The van der Waals surface area contributed by atoms with E-state index in [1.54, 1.807) is 6.08 Å². The molecule has 1 fully saturated rings. The number of carbonyl (C=O) groups excluding carboxylic acids is 1. The number of unbranched alkanes of at least 4 members (excludes halogenated alkanes) is 22. The summed E-state index contributed by atoms with van der Waals surface area (Å²) in [5.74, 6) is -0.201. The van der Waals surface area contributed by atoms with E-state index in [4.69, 9.17) is 9.47 Å². The molecule has 1 rings (SSSR count). The second-order valence-electron chi connectivity index (χ2n) is 17.6. The van der Waals surface area contributed by atoms with E-state index in [-0.39, 0.29) is 12.5 Å². The second kappa shape index (κ2) is 43.5. The third-order valence-electron chi connectivity index (χ3n) is 11.7. The Morgan fingerprint density at radius 1 is 0.540 bits per heavy atom. The fourth-order valence-electron chi connectivity index (χ4n) is 7.61. The lowest BCUT2D eigenvalue weighted by Crippen LogP contribution is -2.60. The van der Waals surface area contributed by atoms with E-state index in [1.165, 1.54) is 109 Å². The quantitative estimate of drug-likeness (QED) is 0.0262. The summed E-state index contributed by atoms with van der Waals surface area (Å²) in [5, 5.41) is 54.3. The fraction of sp³-hybridized carbons (Fsp3) is 0.759. The average molecular weight is 886 g/mol. The molecule has 0 saturated carbocycles. The summed E-state index contributed by atoms with van der Waals surface area (Å²) >= 11 is 0. The van der Waals surface area contributed by atoms with Gasteiger partial charge in [-0.25, -0.2) is 0 Å². The molecule has 63 heavy (non-hydrogen) atoms. The van der Waals surface area contributed by atoms with Gasteiger partial charge in [0.25, 0.3) is 0 Å². The Kier molecular flexibility index (Phi) is 40.5. The number of carbonyl (C=O) groups is 1. The van der Waals surface area contributed by atoms with Crippen LogP contribution in [0.4, 0.5) is 0 Å². The maximum atomic E-state index is 13.0. The van der Waals surface area contributed by atoms with Gasteiger partial charge < -0.3 is 40.3 Å². The second-order valence-corrected chi connectivity index (χ2v) is 17.6. The topological polar surface area (TPSA) is 149 Å². The molecule has 364 valence electrons. The first-order chi connectivity index (χ1) is 30.8. The maximum Gasteiger partial charge on any atom is 0.220 e. The number of rotatable bonds is 42. The van der Waals surface area contributed by atoms with E-state index in [1.807, 2.05) is 6.08 Å². The zero-order chi connectivity index (χ0) is 45.9. The molecule has 1 heterocycles. The number of nitrogens with one attached hydrogen (secondary N) is 1. The lowest BCUT2D eigenvalue weighted by atomic mass is 9.99. The third kappa shape index (κ3) is 33.7. The van der Waals surface area contributed by atoms with Crippen molar-refractivity contribution in [2.24, 2.45) is 0 Å². The Balaban J connectivity index is 2.34. The summed E-state index contributed by atoms with van der Waals surface area (Å²) in [5.41, 5.74) is 0. The lowest BCUT2D eigenvalue weighted by Gasteiger charge is -2.40. The first kappa shape index (κ1) is 58.6. The number of aliphatic hydroxyl groups is 5. The average Bonchev–Trinajstić information content (AvgIpc) is 3.28. The Hall–Kier alpha value is -2.37. The molecule has 1 aliphatic heterocycles. The summed E-state index contributed by atoms with van der Waals surface area (Å²) in [6.07, 6.45) is 52.3. The Morgan fingerprint density at radius 2 is 0.952 bits per heavy atom. The fourth-order valence-corrected chi connectivity index (χ4v) is 7.61. The van der Waals surface area contributed by atoms with Gasteiger partial charge in [-0.15, -0.1) is 0 Å². The molecule has 1 aliphatic rings. The van der Waals surface area contributed by atoms with Crippen LogP contribution in [0.3, 0.4) is 0 Å². The van der Waals surface area contributed by atoms with Crippen LogP contribution in [-0.2, 0) is 14.3 Å². The monoisotopic (exact) mass is 886 g/mol. The largest absolute Gasteiger partial charge is 0.394 e. The van der Waals surface area contributed by atoms with Gasteiger partial charge in [-0.2, -0.15) is 0 Å². The zero-order valence-corrected chi connectivity index (χ0v) is 40.1. The van der Waals surface area contributed by atoms with E-state index >= 15 is 0 Å². The van der Waals surface area contributed by atoms with Crippen molar-refractivity contribution in [3.8, 4) is 0 Å². The summed E-state index contributed by atoms with van der Waals surface area (Å²) < 4.78 is 11.2.